The van der Waals surface area contributed by atoms with Crippen molar-refractivity contribution in [2.75, 3.05) is 11.1 Å². The number of anilines is 1. The van der Waals surface area contributed by atoms with Gasteiger partial charge in [0.05, 0.1) is 0 Å². The van der Waals surface area contributed by atoms with E-state index in [4.69, 9.17) is 9.29 Å². The summed E-state index contributed by atoms with van der Waals surface area (Å²) >= 11 is 0. The van der Waals surface area contributed by atoms with E-state index < -0.39 is 50.9 Å². The van der Waals surface area contributed by atoms with Crippen LogP contribution in [0.25, 0.3) is 0 Å². The topological polar surface area (TPSA) is 92.7 Å². The number of hydrogen-bond donors (Lipinski definition) is 2. The third kappa shape index (κ3) is 5.74. The second kappa shape index (κ2) is 7.43. The Hall–Kier alpha value is -2.02. The number of carbonyl (C=O) groups excluding carboxylic acids is 1. The van der Waals surface area contributed by atoms with Crippen molar-refractivity contribution in [3.8, 4) is 0 Å². The van der Waals surface area contributed by atoms with Gasteiger partial charge in [-0.25, -0.2) is 4.79 Å². The minimum absolute atomic E-state index is 0.192. The highest BCUT2D eigenvalue weighted by molar-refractivity contribution is 7.85. The lowest BCUT2D eigenvalue weighted by molar-refractivity contribution is -0.296. The van der Waals surface area contributed by atoms with Gasteiger partial charge in [0.2, 0.25) is 5.41 Å². The monoisotopic (exact) mass is 437 g/mol. The van der Waals surface area contributed by atoms with Crippen LogP contribution in [0.4, 0.5) is 36.8 Å². The minimum atomic E-state index is -6.10. The van der Waals surface area contributed by atoms with E-state index >= 15 is 0 Å². The van der Waals surface area contributed by atoms with Crippen LogP contribution in [0, 0.1) is 0 Å². The van der Waals surface area contributed by atoms with Gasteiger partial charge in [0.25, 0.3) is 10.1 Å². The van der Waals surface area contributed by atoms with E-state index in [9.17, 15) is 39.6 Å². The van der Waals surface area contributed by atoms with Crippen LogP contribution < -0.4 is 5.32 Å². The summed E-state index contributed by atoms with van der Waals surface area (Å²) in [6.45, 7) is 4.60. The maximum atomic E-state index is 13.4. The maximum Gasteiger partial charge on any atom is 0.412 e. The van der Waals surface area contributed by atoms with Crippen LogP contribution in [0.5, 0.6) is 0 Å². The second-order valence-electron chi connectivity index (χ2n) is 6.83. The molecule has 0 spiro atoms. The fourth-order valence-electron chi connectivity index (χ4n) is 2.27. The summed E-state index contributed by atoms with van der Waals surface area (Å²) in [6, 6.07) is 2.16. The zero-order valence-electron chi connectivity index (χ0n) is 14.8. The summed E-state index contributed by atoms with van der Waals surface area (Å²) in [6.07, 6.45) is -13.2. The van der Waals surface area contributed by atoms with E-state index in [1.54, 1.807) is 0 Å². The molecule has 1 aromatic rings. The molecule has 0 fully saturated rings. The molecule has 1 rings (SSSR count). The number of nitrogens with one attached hydrogen (secondary N) is 1. The lowest BCUT2D eigenvalue weighted by Gasteiger charge is -2.36. The van der Waals surface area contributed by atoms with Crippen molar-refractivity contribution in [1.29, 1.82) is 0 Å². The lowest BCUT2D eigenvalue weighted by Crippen LogP contribution is -2.58. The smallest absolute Gasteiger partial charge is 0.412 e. The van der Waals surface area contributed by atoms with E-state index in [-0.39, 0.29) is 5.69 Å². The summed E-state index contributed by atoms with van der Waals surface area (Å²) < 4.78 is 116. The van der Waals surface area contributed by atoms with Gasteiger partial charge >= 0.3 is 18.4 Å². The molecule has 0 aliphatic rings. The summed E-state index contributed by atoms with van der Waals surface area (Å²) in [5.41, 5.74) is -7.43. The van der Waals surface area contributed by atoms with Crippen LogP contribution >= 0.6 is 0 Å². The largest absolute Gasteiger partial charge is 0.444 e. The Bertz CT molecular complexity index is 795. The van der Waals surface area contributed by atoms with Gasteiger partial charge in [0, 0.05) is 5.69 Å². The molecule has 0 saturated carbocycles. The number of amides is 1. The molecule has 0 bridgehead atoms. The molecule has 0 aliphatic carbocycles. The Balaban J connectivity index is 3.39. The maximum absolute atomic E-state index is 13.4. The number of carbonyl (C=O) groups is 1. The van der Waals surface area contributed by atoms with Crippen LogP contribution in [-0.4, -0.2) is 42.8 Å². The van der Waals surface area contributed by atoms with E-state index in [1.165, 1.54) is 20.8 Å². The van der Waals surface area contributed by atoms with E-state index in [0.29, 0.717) is 12.1 Å². The lowest BCUT2D eigenvalue weighted by atomic mass is 9.80. The predicted molar refractivity (Wildman–Crippen MR) is 86.5 cm³/mol. The highest BCUT2D eigenvalue weighted by atomic mass is 32.2. The Morgan fingerprint density at radius 2 is 1.43 bits per heavy atom. The number of benzene rings is 1. The average molecular weight is 437 g/mol. The molecule has 0 heterocycles. The zero-order valence-corrected chi connectivity index (χ0v) is 15.6. The van der Waals surface area contributed by atoms with Crippen LogP contribution in [-0.2, 0) is 20.3 Å². The van der Waals surface area contributed by atoms with Crippen LogP contribution in [0.3, 0.4) is 0 Å². The molecule has 0 atom stereocenters. The highest BCUT2D eigenvalue weighted by Crippen LogP contribution is 2.52. The molecule has 2 N–H and O–H groups in total. The quantitative estimate of drug-likeness (QED) is 0.542. The summed E-state index contributed by atoms with van der Waals surface area (Å²) in [5.74, 6) is -2.65. The van der Waals surface area contributed by atoms with Gasteiger partial charge in [-0.15, -0.1) is 0 Å². The molecular formula is C15H17F6NO5S. The van der Waals surface area contributed by atoms with Gasteiger partial charge in [-0.1, -0.05) is 12.1 Å². The average Bonchev–Trinajstić information content (AvgIpc) is 2.40. The van der Waals surface area contributed by atoms with Gasteiger partial charge in [0.15, 0.2) is 0 Å². The third-order valence-corrected chi connectivity index (χ3v) is 4.19. The normalized spacial score (nSPS) is 13.9. The summed E-state index contributed by atoms with van der Waals surface area (Å²) in [5, 5.41) is 2.11. The molecule has 13 heteroatoms. The van der Waals surface area contributed by atoms with Crippen LogP contribution in [0.2, 0.25) is 0 Å². The number of halogens is 6. The molecule has 0 saturated heterocycles. The molecule has 0 aliphatic heterocycles. The molecule has 0 radical (unpaired) electrons. The third-order valence-electron chi connectivity index (χ3n) is 3.39. The van der Waals surface area contributed by atoms with Crippen molar-refractivity contribution in [1.82, 2.24) is 0 Å². The zero-order chi connectivity index (χ0) is 22.2. The van der Waals surface area contributed by atoms with Crippen LogP contribution in [0.15, 0.2) is 24.3 Å². The van der Waals surface area contributed by atoms with Gasteiger partial charge < -0.3 is 4.74 Å². The van der Waals surface area contributed by atoms with Gasteiger partial charge in [0.1, 0.15) is 11.4 Å². The van der Waals surface area contributed by atoms with Gasteiger partial charge in [-0.2, -0.15) is 34.8 Å². The van der Waals surface area contributed by atoms with Gasteiger partial charge in [-0.3, -0.25) is 9.87 Å². The highest BCUT2D eigenvalue weighted by Gasteiger charge is 2.73. The molecule has 1 aromatic carbocycles. The van der Waals surface area contributed by atoms with Crippen molar-refractivity contribution >= 4 is 21.9 Å². The molecule has 28 heavy (non-hydrogen) atoms. The number of ether oxygens (including phenoxy) is 1. The van der Waals surface area contributed by atoms with Crippen molar-refractivity contribution in [3.05, 3.63) is 29.8 Å². The first-order valence-corrected chi connectivity index (χ1v) is 9.08. The number of alkyl halides is 6. The van der Waals surface area contributed by atoms with Crippen LogP contribution in [0.1, 0.15) is 26.3 Å². The Morgan fingerprint density at radius 3 is 1.75 bits per heavy atom. The molecular weight excluding hydrogens is 420 g/mol. The molecule has 0 aromatic heterocycles. The fraction of sp³-hybridized carbons (Fsp3) is 0.533. The Morgan fingerprint density at radius 1 is 1.00 bits per heavy atom. The van der Waals surface area contributed by atoms with Gasteiger partial charge in [-0.05, 0) is 38.5 Å². The van der Waals surface area contributed by atoms with Crippen molar-refractivity contribution in [2.45, 2.75) is 44.1 Å². The Kier molecular flexibility index (Phi) is 6.37. The van der Waals surface area contributed by atoms with Crippen molar-refractivity contribution in [3.63, 3.8) is 0 Å². The van der Waals surface area contributed by atoms with E-state index in [0.717, 1.165) is 12.1 Å². The molecule has 1 amide bonds. The Labute approximate surface area is 156 Å². The number of hydrogen-bond acceptors (Lipinski definition) is 4. The first-order chi connectivity index (χ1) is 12.3. The van der Waals surface area contributed by atoms with E-state index in [2.05, 4.69) is 5.32 Å². The summed E-state index contributed by atoms with van der Waals surface area (Å²) in [4.78, 5) is 11.6. The first kappa shape index (κ1) is 24.0. The minimum Gasteiger partial charge on any atom is -0.444 e. The fourth-order valence-corrected chi connectivity index (χ4v) is 3.31. The van der Waals surface area contributed by atoms with Crippen molar-refractivity contribution < 1.29 is 48.8 Å². The first-order valence-electron chi connectivity index (χ1n) is 7.48. The second-order valence-corrected chi connectivity index (χ2v) is 8.28. The van der Waals surface area contributed by atoms with Crippen molar-refractivity contribution in [2.24, 2.45) is 0 Å². The standard InChI is InChI=1S/C15H17F6NO5S/c1-12(2,3)27-11(23)22-10-6-4-9(5-7-10)13(14(16,17)18,15(19,20)21)8-28(24,25)26/h4-7H,8H2,1-3H3,(H,22,23)(H,24,25,26). The SMILES string of the molecule is CC(C)(C)OC(=O)Nc1ccc(C(CS(=O)(=O)O)(C(F)(F)F)C(F)(F)F)cc1. The predicted octanol–water partition coefficient (Wildman–Crippen LogP) is 4.28. The van der Waals surface area contributed by atoms with E-state index in [1.807, 2.05) is 0 Å². The molecule has 6 nitrogen and oxygen atoms in total. The molecule has 160 valence electrons. The molecule has 0 unspecified atom stereocenters. The number of rotatable bonds is 4. The summed E-state index contributed by atoms with van der Waals surface area (Å²) in [7, 11) is -5.68.